The Morgan fingerprint density at radius 1 is 1.35 bits per heavy atom. The van der Waals surface area contributed by atoms with Gasteiger partial charge in [-0.2, -0.15) is 0 Å². The molecule has 1 fully saturated rings. The Bertz CT molecular complexity index is 486. The third-order valence-corrected chi connectivity index (χ3v) is 4.46. The third kappa shape index (κ3) is 5.27. The molecule has 1 heterocycles. The molecular weight excluding hydrogens is 290 g/mol. The van der Waals surface area contributed by atoms with Crippen molar-refractivity contribution in [1.82, 2.24) is 10.6 Å². The molecule has 0 radical (unpaired) electrons. The lowest BCUT2D eigenvalue weighted by Gasteiger charge is -2.33. The van der Waals surface area contributed by atoms with Crippen LogP contribution in [0.4, 0.5) is 0 Å². The number of nitrogens with zero attached hydrogens (tertiary/aromatic N) is 1. The molecule has 0 saturated heterocycles. The van der Waals surface area contributed by atoms with Crippen molar-refractivity contribution in [2.75, 3.05) is 13.1 Å². The van der Waals surface area contributed by atoms with Gasteiger partial charge in [0, 0.05) is 12.6 Å². The molecule has 1 aromatic heterocycles. The van der Waals surface area contributed by atoms with Gasteiger partial charge in [-0.1, -0.05) is 13.8 Å². The zero-order valence-electron chi connectivity index (χ0n) is 14.8. The van der Waals surface area contributed by atoms with Gasteiger partial charge < -0.3 is 20.2 Å². The molecule has 1 aliphatic carbocycles. The van der Waals surface area contributed by atoms with Crippen LogP contribution in [0, 0.1) is 11.8 Å². The molecule has 0 aliphatic heterocycles. The van der Waals surface area contributed by atoms with Crippen LogP contribution in [0.25, 0.3) is 0 Å². The average molecular weight is 321 g/mol. The average Bonchev–Trinajstić information content (AvgIpc) is 2.99. The maximum atomic E-state index is 10.5. The van der Waals surface area contributed by atoms with Gasteiger partial charge in [-0.05, 0) is 57.1 Å². The molecule has 1 aliphatic rings. The largest absolute Gasteiger partial charge is 0.466 e. The van der Waals surface area contributed by atoms with E-state index in [9.17, 15) is 5.11 Å². The number of nitrogens with one attached hydrogen (secondary N) is 2. The lowest BCUT2D eigenvalue weighted by Crippen LogP contribution is -2.46. The van der Waals surface area contributed by atoms with Crippen molar-refractivity contribution in [2.24, 2.45) is 16.8 Å². The van der Waals surface area contributed by atoms with Crippen LogP contribution in [0.2, 0.25) is 0 Å². The Morgan fingerprint density at radius 2 is 2.04 bits per heavy atom. The number of hydrogen-bond acceptors (Lipinski definition) is 3. The highest BCUT2D eigenvalue weighted by Gasteiger charge is 2.27. The number of aliphatic imine (C=N–C) groups is 1. The number of guanidine groups is 1. The van der Waals surface area contributed by atoms with Crippen LogP contribution in [0.15, 0.2) is 27.8 Å². The summed E-state index contributed by atoms with van der Waals surface area (Å²) >= 11 is 0. The molecular formula is C18H31N3O2. The maximum absolute atomic E-state index is 10.5. The van der Waals surface area contributed by atoms with Gasteiger partial charge in [-0.25, -0.2) is 4.99 Å². The van der Waals surface area contributed by atoms with E-state index in [0.717, 1.165) is 24.3 Å². The van der Waals surface area contributed by atoms with Gasteiger partial charge >= 0.3 is 0 Å². The van der Waals surface area contributed by atoms with Gasteiger partial charge in [-0.3, -0.25) is 0 Å². The van der Waals surface area contributed by atoms with Crippen molar-refractivity contribution in [3.05, 3.63) is 24.2 Å². The van der Waals surface area contributed by atoms with Crippen molar-refractivity contribution in [1.29, 1.82) is 0 Å². The van der Waals surface area contributed by atoms with E-state index < -0.39 is 5.60 Å². The molecule has 2 rings (SSSR count). The molecule has 130 valence electrons. The summed E-state index contributed by atoms with van der Waals surface area (Å²) in [5.41, 5.74) is -1.10. The number of hydrogen-bond donors (Lipinski definition) is 3. The van der Waals surface area contributed by atoms with Gasteiger partial charge in [0.2, 0.25) is 0 Å². The van der Waals surface area contributed by atoms with E-state index >= 15 is 0 Å². The summed E-state index contributed by atoms with van der Waals surface area (Å²) in [6.45, 7) is 9.46. The molecule has 5 heteroatoms. The zero-order chi connectivity index (χ0) is 16.9. The molecule has 0 bridgehead atoms. The molecule has 3 N–H and O–H groups in total. The molecule has 5 nitrogen and oxygen atoms in total. The van der Waals surface area contributed by atoms with Gasteiger partial charge in [0.1, 0.15) is 11.4 Å². The summed E-state index contributed by atoms with van der Waals surface area (Å²) in [4.78, 5) is 4.57. The second kappa shape index (κ2) is 7.86. The summed E-state index contributed by atoms with van der Waals surface area (Å²) in [6.07, 6.45) is 5.22. The molecule has 3 unspecified atom stereocenters. The van der Waals surface area contributed by atoms with Crippen molar-refractivity contribution in [2.45, 2.75) is 58.6 Å². The fraction of sp³-hybridized carbons (Fsp3) is 0.722. The molecule has 0 amide bonds. The van der Waals surface area contributed by atoms with Crippen LogP contribution in [0.5, 0.6) is 0 Å². The van der Waals surface area contributed by atoms with Crippen LogP contribution in [0.1, 0.15) is 52.7 Å². The summed E-state index contributed by atoms with van der Waals surface area (Å²) in [7, 11) is 0. The van der Waals surface area contributed by atoms with E-state index in [1.807, 2.05) is 6.92 Å². The normalized spacial score (nSPS) is 28.2. The molecule has 3 atom stereocenters. The second-order valence-electron chi connectivity index (χ2n) is 7.21. The number of rotatable bonds is 5. The first kappa shape index (κ1) is 17.9. The number of furan rings is 1. The van der Waals surface area contributed by atoms with Crippen LogP contribution >= 0.6 is 0 Å². The Labute approximate surface area is 139 Å². The van der Waals surface area contributed by atoms with E-state index in [1.54, 1.807) is 25.3 Å². The quantitative estimate of drug-likeness (QED) is 0.576. The third-order valence-electron chi connectivity index (χ3n) is 4.46. The molecule has 1 aromatic rings. The summed E-state index contributed by atoms with van der Waals surface area (Å²) in [5, 5.41) is 17.3. The smallest absolute Gasteiger partial charge is 0.191 e. The lowest BCUT2D eigenvalue weighted by atomic mass is 9.80. The van der Waals surface area contributed by atoms with Crippen LogP contribution in [-0.4, -0.2) is 30.2 Å². The topological polar surface area (TPSA) is 69.8 Å². The van der Waals surface area contributed by atoms with Crippen molar-refractivity contribution >= 4 is 5.96 Å². The summed E-state index contributed by atoms with van der Waals surface area (Å²) in [6, 6.07) is 4.00. The lowest BCUT2D eigenvalue weighted by molar-refractivity contribution is 0.0436. The minimum absolute atomic E-state index is 0.258. The predicted octanol–water partition coefficient (Wildman–Crippen LogP) is 2.87. The molecule has 0 spiro atoms. The fourth-order valence-electron chi connectivity index (χ4n) is 3.47. The zero-order valence-corrected chi connectivity index (χ0v) is 14.8. The first-order valence-electron chi connectivity index (χ1n) is 8.72. The summed E-state index contributed by atoms with van der Waals surface area (Å²) < 4.78 is 5.31. The highest BCUT2D eigenvalue weighted by molar-refractivity contribution is 5.80. The Balaban J connectivity index is 1.99. The molecule has 1 saturated carbocycles. The van der Waals surface area contributed by atoms with Gasteiger partial charge in [-0.15, -0.1) is 0 Å². The van der Waals surface area contributed by atoms with Crippen molar-refractivity contribution < 1.29 is 9.52 Å². The maximum Gasteiger partial charge on any atom is 0.191 e. The predicted molar refractivity (Wildman–Crippen MR) is 93.4 cm³/mol. The first-order valence-corrected chi connectivity index (χ1v) is 8.72. The van der Waals surface area contributed by atoms with Gasteiger partial charge in [0.25, 0.3) is 0 Å². The second-order valence-corrected chi connectivity index (χ2v) is 7.21. The van der Waals surface area contributed by atoms with Crippen molar-refractivity contribution in [3.63, 3.8) is 0 Å². The molecule has 23 heavy (non-hydrogen) atoms. The van der Waals surface area contributed by atoms with E-state index in [1.165, 1.54) is 19.3 Å². The van der Waals surface area contributed by atoms with Crippen molar-refractivity contribution in [3.8, 4) is 0 Å². The highest BCUT2D eigenvalue weighted by Crippen LogP contribution is 2.28. The van der Waals surface area contributed by atoms with E-state index in [2.05, 4.69) is 29.5 Å². The first-order chi connectivity index (χ1) is 10.9. The standard InChI is InChI=1S/C18H31N3O2/c1-5-19-17(21-15-10-13(2)9-14(3)11-15)20-12-18(4,22)16-7-6-8-23-16/h6-8,13-15,22H,5,9-12H2,1-4H3,(H2,19,20,21). The number of aliphatic hydroxyl groups is 1. The Morgan fingerprint density at radius 3 is 2.61 bits per heavy atom. The minimum Gasteiger partial charge on any atom is -0.466 e. The Hall–Kier alpha value is -1.49. The summed E-state index contributed by atoms with van der Waals surface area (Å²) in [5.74, 6) is 2.79. The van der Waals surface area contributed by atoms with Crippen LogP contribution in [-0.2, 0) is 5.60 Å². The van der Waals surface area contributed by atoms with E-state index in [-0.39, 0.29) is 6.54 Å². The van der Waals surface area contributed by atoms with Gasteiger partial charge in [0.05, 0.1) is 12.8 Å². The van der Waals surface area contributed by atoms with Crippen LogP contribution in [0.3, 0.4) is 0 Å². The minimum atomic E-state index is -1.10. The monoisotopic (exact) mass is 321 g/mol. The van der Waals surface area contributed by atoms with E-state index in [0.29, 0.717) is 11.8 Å². The van der Waals surface area contributed by atoms with Gasteiger partial charge in [0.15, 0.2) is 5.96 Å². The molecule has 0 aromatic carbocycles. The highest BCUT2D eigenvalue weighted by atomic mass is 16.4. The van der Waals surface area contributed by atoms with Crippen LogP contribution < -0.4 is 10.6 Å². The fourth-order valence-corrected chi connectivity index (χ4v) is 3.47. The van der Waals surface area contributed by atoms with E-state index in [4.69, 9.17) is 4.42 Å². The SMILES string of the molecule is CCNC(=NCC(C)(O)c1ccco1)NC1CC(C)CC(C)C1. The Kier molecular flexibility index (Phi) is 6.10.